The minimum atomic E-state index is -0.359. The third-order valence-electron chi connectivity index (χ3n) is 4.28. The van der Waals surface area contributed by atoms with Crippen molar-refractivity contribution in [2.75, 3.05) is 12.4 Å². The number of nitrogens with one attached hydrogen (secondary N) is 2. The van der Waals surface area contributed by atoms with Crippen molar-refractivity contribution in [1.29, 1.82) is 5.26 Å². The normalized spacial score (nSPS) is 10.6. The minimum Gasteiger partial charge on any atom is -0.496 e. The first-order valence-electron chi connectivity index (χ1n) is 8.52. The second-order valence-corrected chi connectivity index (χ2v) is 6.15. The van der Waals surface area contributed by atoms with Crippen molar-refractivity contribution < 1.29 is 9.53 Å². The minimum absolute atomic E-state index is 0.252. The molecule has 0 aliphatic heterocycles. The van der Waals surface area contributed by atoms with E-state index >= 15 is 0 Å². The molecule has 0 fully saturated rings. The summed E-state index contributed by atoms with van der Waals surface area (Å²) in [5.74, 6) is 0.214. The van der Waals surface area contributed by atoms with Crippen LogP contribution < -0.4 is 10.1 Å². The van der Waals surface area contributed by atoms with Gasteiger partial charge < -0.3 is 10.1 Å². The highest BCUT2D eigenvalue weighted by atomic mass is 16.5. The van der Waals surface area contributed by atoms with Gasteiger partial charge in [-0.25, -0.2) is 0 Å². The zero-order valence-electron chi connectivity index (χ0n) is 15.0. The summed E-state index contributed by atoms with van der Waals surface area (Å²) in [4.78, 5) is 12.7. The Labute approximate surface area is 160 Å². The van der Waals surface area contributed by atoms with Crippen LogP contribution >= 0.6 is 0 Å². The van der Waals surface area contributed by atoms with Crippen LogP contribution in [-0.4, -0.2) is 33.0 Å². The maximum Gasteiger partial charge on any atom is 0.277 e. The van der Waals surface area contributed by atoms with E-state index in [4.69, 9.17) is 10.00 Å². The SMILES string of the molecule is COc1cccc2[nH]nc(C(=O)Nc3cnn(Cc4cccc(C#N)c4)c3)c12. The first-order chi connectivity index (χ1) is 13.7. The summed E-state index contributed by atoms with van der Waals surface area (Å²) < 4.78 is 7.03. The number of carbonyl (C=O) groups is 1. The van der Waals surface area contributed by atoms with E-state index in [1.54, 1.807) is 36.3 Å². The number of ether oxygens (including phenoxy) is 1. The molecule has 0 unspecified atom stereocenters. The number of hydrogen-bond acceptors (Lipinski definition) is 5. The Hall–Kier alpha value is -4.12. The lowest BCUT2D eigenvalue weighted by Gasteiger charge is -2.04. The first-order valence-corrected chi connectivity index (χ1v) is 8.52. The van der Waals surface area contributed by atoms with E-state index in [1.807, 2.05) is 30.3 Å². The largest absolute Gasteiger partial charge is 0.496 e. The number of H-pyrrole nitrogens is 1. The number of nitriles is 1. The summed E-state index contributed by atoms with van der Waals surface area (Å²) in [6.45, 7) is 0.491. The Morgan fingerprint density at radius 3 is 3.00 bits per heavy atom. The highest BCUT2D eigenvalue weighted by Crippen LogP contribution is 2.27. The molecular weight excluding hydrogens is 356 g/mol. The van der Waals surface area contributed by atoms with Gasteiger partial charge in [-0.15, -0.1) is 0 Å². The number of aromatic amines is 1. The van der Waals surface area contributed by atoms with E-state index in [9.17, 15) is 4.79 Å². The number of hydrogen-bond donors (Lipinski definition) is 2. The summed E-state index contributed by atoms with van der Waals surface area (Å²) >= 11 is 0. The van der Waals surface area contributed by atoms with Crippen molar-refractivity contribution in [2.24, 2.45) is 0 Å². The van der Waals surface area contributed by atoms with Crippen LogP contribution in [0, 0.1) is 11.3 Å². The van der Waals surface area contributed by atoms with Crippen molar-refractivity contribution in [2.45, 2.75) is 6.54 Å². The van der Waals surface area contributed by atoms with Crippen molar-refractivity contribution >= 4 is 22.5 Å². The van der Waals surface area contributed by atoms with E-state index in [0.717, 1.165) is 11.1 Å². The molecule has 2 heterocycles. The molecule has 0 bridgehead atoms. The van der Waals surface area contributed by atoms with Gasteiger partial charge >= 0.3 is 0 Å². The molecule has 138 valence electrons. The molecule has 0 saturated carbocycles. The fourth-order valence-corrected chi connectivity index (χ4v) is 3.01. The van der Waals surface area contributed by atoms with Gasteiger partial charge in [0.05, 0.1) is 48.1 Å². The topological polar surface area (TPSA) is 109 Å². The number of fused-ring (bicyclic) bond motifs is 1. The lowest BCUT2D eigenvalue weighted by atomic mass is 10.1. The van der Waals surface area contributed by atoms with E-state index in [1.165, 1.54) is 0 Å². The van der Waals surface area contributed by atoms with Crippen LogP contribution in [0.25, 0.3) is 10.9 Å². The highest BCUT2D eigenvalue weighted by Gasteiger charge is 2.18. The van der Waals surface area contributed by atoms with Crippen LogP contribution in [0.4, 0.5) is 5.69 Å². The summed E-state index contributed by atoms with van der Waals surface area (Å²) in [6.07, 6.45) is 3.29. The van der Waals surface area contributed by atoms with Crippen molar-refractivity contribution in [3.05, 3.63) is 71.7 Å². The van der Waals surface area contributed by atoms with E-state index in [-0.39, 0.29) is 11.6 Å². The molecular formula is C20H16N6O2. The average molecular weight is 372 g/mol. The summed E-state index contributed by atoms with van der Waals surface area (Å²) in [6, 6.07) is 14.9. The molecule has 0 aliphatic rings. The highest BCUT2D eigenvalue weighted by molar-refractivity contribution is 6.12. The summed E-state index contributed by atoms with van der Waals surface area (Å²) in [7, 11) is 1.55. The van der Waals surface area contributed by atoms with Gasteiger partial charge in [-0.1, -0.05) is 18.2 Å². The fourth-order valence-electron chi connectivity index (χ4n) is 3.01. The number of amides is 1. The molecule has 2 N–H and O–H groups in total. The van der Waals surface area contributed by atoms with E-state index in [0.29, 0.717) is 28.9 Å². The van der Waals surface area contributed by atoms with Gasteiger partial charge in [0.15, 0.2) is 5.69 Å². The van der Waals surface area contributed by atoms with Crippen LogP contribution in [0.1, 0.15) is 21.6 Å². The lowest BCUT2D eigenvalue weighted by Crippen LogP contribution is -2.12. The van der Waals surface area contributed by atoms with Crippen LogP contribution in [0.15, 0.2) is 54.9 Å². The van der Waals surface area contributed by atoms with Crippen molar-refractivity contribution in [3.8, 4) is 11.8 Å². The molecule has 2 aromatic carbocycles. The number of rotatable bonds is 5. The molecule has 4 rings (SSSR count). The Morgan fingerprint density at radius 1 is 1.32 bits per heavy atom. The zero-order chi connectivity index (χ0) is 19.5. The fraction of sp³-hybridized carbons (Fsp3) is 0.100. The van der Waals surface area contributed by atoms with E-state index < -0.39 is 0 Å². The smallest absolute Gasteiger partial charge is 0.277 e. The molecule has 28 heavy (non-hydrogen) atoms. The number of nitrogens with zero attached hydrogens (tertiary/aromatic N) is 4. The van der Waals surface area contributed by atoms with Gasteiger partial charge in [-0.05, 0) is 29.8 Å². The summed E-state index contributed by atoms with van der Waals surface area (Å²) in [5, 5.41) is 23.7. The van der Waals surface area contributed by atoms with Crippen LogP contribution in [0.2, 0.25) is 0 Å². The molecule has 8 nitrogen and oxygen atoms in total. The number of carbonyl (C=O) groups excluding carboxylic acids is 1. The van der Waals surface area contributed by atoms with Gasteiger partial charge in [0.25, 0.3) is 5.91 Å². The molecule has 4 aromatic rings. The van der Waals surface area contributed by atoms with Gasteiger partial charge in [0.2, 0.25) is 0 Å². The van der Waals surface area contributed by atoms with Crippen molar-refractivity contribution in [1.82, 2.24) is 20.0 Å². The standard InChI is InChI=1S/C20H16N6O2/c1-28-17-7-3-6-16-18(17)19(25-24-16)20(27)23-15-10-22-26(12-15)11-14-5-2-4-13(8-14)9-21/h2-8,10,12H,11H2,1H3,(H,23,27)(H,24,25). The van der Waals surface area contributed by atoms with Crippen LogP contribution in [-0.2, 0) is 6.54 Å². The van der Waals surface area contributed by atoms with E-state index in [2.05, 4.69) is 26.7 Å². The Bertz CT molecular complexity index is 1200. The molecule has 0 saturated heterocycles. The van der Waals surface area contributed by atoms with Gasteiger partial charge in [0.1, 0.15) is 5.75 Å². The molecule has 0 aliphatic carbocycles. The predicted octanol–water partition coefficient (Wildman–Crippen LogP) is 2.94. The van der Waals surface area contributed by atoms with Crippen molar-refractivity contribution in [3.63, 3.8) is 0 Å². The van der Waals surface area contributed by atoms with Gasteiger partial charge in [-0.2, -0.15) is 15.5 Å². The second-order valence-electron chi connectivity index (χ2n) is 6.15. The Kier molecular flexibility index (Phi) is 4.48. The molecule has 0 spiro atoms. The van der Waals surface area contributed by atoms with Gasteiger partial charge in [0, 0.05) is 6.20 Å². The molecule has 0 radical (unpaired) electrons. The van der Waals surface area contributed by atoms with Crippen LogP contribution in [0.5, 0.6) is 5.75 Å². The number of aromatic nitrogens is 4. The number of benzene rings is 2. The zero-order valence-corrected chi connectivity index (χ0v) is 15.0. The Balaban J connectivity index is 1.53. The summed E-state index contributed by atoms with van der Waals surface area (Å²) in [5.41, 5.74) is 3.06. The molecule has 0 atom stereocenters. The molecule has 1 amide bonds. The average Bonchev–Trinajstić information content (AvgIpc) is 3.34. The third-order valence-corrected chi connectivity index (χ3v) is 4.28. The maximum absolute atomic E-state index is 12.7. The Morgan fingerprint density at radius 2 is 2.18 bits per heavy atom. The quantitative estimate of drug-likeness (QED) is 0.560. The molecule has 8 heteroatoms. The maximum atomic E-state index is 12.7. The predicted molar refractivity (Wildman–Crippen MR) is 103 cm³/mol. The number of anilines is 1. The van der Waals surface area contributed by atoms with Gasteiger partial charge in [-0.3, -0.25) is 14.6 Å². The first kappa shape index (κ1) is 17.3. The van der Waals surface area contributed by atoms with Crippen LogP contribution in [0.3, 0.4) is 0 Å². The number of methoxy groups -OCH3 is 1. The second kappa shape index (κ2) is 7.25. The lowest BCUT2D eigenvalue weighted by molar-refractivity contribution is 0.102. The monoisotopic (exact) mass is 372 g/mol. The third kappa shape index (κ3) is 3.29. The molecule has 2 aromatic heterocycles.